The third kappa shape index (κ3) is 4.14. The average Bonchev–Trinajstić information content (AvgIpc) is 2.54. The first-order valence-electron chi connectivity index (χ1n) is 7.70. The summed E-state index contributed by atoms with van der Waals surface area (Å²) < 4.78 is 0. The second-order valence-corrected chi connectivity index (χ2v) is 5.76. The molecule has 0 saturated carbocycles. The molecule has 116 valence electrons. The molecule has 1 aliphatic heterocycles. The normalized spacial score (nSPS) is 19.1. The van der Waals surface area contributed by atoms with E-state index in [1.165, 1.54) is 0 Å². The number of nitrogens with one attached hydrogen (secondary N) is 1. The van der Waals surface area contributed by atoms with Crippen LogP contribution in [0.4, 0.5) is 5.82 Å². The Kier molecular flexibility index (Phi) is 5.50. The highest BCUT2D eigenvalue weighted by molar-refractivity contribution is 5.82. The Labute approximate surface area is 126 Å². The summed E-state index contributed by atoms with van der Waals surface area (Å²) in [6.45, 7) is 5.60. The molecule has 2 atom stereocenters. The maximum Gasteiger partial charge on any atom is 0.239 e. The van der Waals surface area contributed by atoms with Gasteiger partial charge in [-0.2, -0.15) is 5.10 Å². The van der Waals surface area contributed by atoms with Crippen molar-refractivity contribution in [1.82, 2.24) is 15.1 Å². The van der Waals surface area contributed by atoms with E-state index in [-0.39, 0.29) is 17.9 Å². The van der Waals surface area contributed by atoms with Crippen molar-refractivity contribution in [3.63, 3.8) is 0 Å². The molecule has 1 amide bonds. The van der Waals surface area contributed by atoms with Crippen LogP contribution < -0.4 is 11.1 Å². The predicted octanol–water partition coefficient (Wildman–Crippen LogP) is 1.25. The number of carbonyl (C=O) groups excluding carboxylic acids is 1. The number of amides is 1. The summed E-state index contributed by atoms with van der Waals surface area (Å²) in [6.07, 6.45) is 4.41. The Morgan fingerprint density at radius 3 is 2.81 bits per heavy atom. The molecule has 21 heavy (non-hydrogen) atoms. The van der Waals surface area contributed by atoms with Gasteiger partial charge in [-0.1, -0.05) is 20.3 Å². The van der Waals surface area contributed by atoms with E-state index in [2.05, 4.69) is 22.4 Å². The van der Waals surface area contributed by atoms with E-state index in [0.29, 0.717) is 6.04 Å². The Morgan fingerprint density at radius 1 is 1.52 bits per heavy atom. The van der Waals surface area contributed by atoms with Crippen molar-refractivity contribution in [2.75, 3.05) is 18.4 Å². The highest BCUT2D eigenvalue weighted by Gasteiger charge is 2.28. The maximum absolute atomic E-state index is 12.3. The number of carbonyl (C=O) groups is 1. The number of nitrogens with zero attached hydrogens (tertiary/aromatic N) is 3. The standard InChI is InChI=1S/C15H25N5O/c1-3-11(2)14(16)15(21)20-9-6-12(7-10-20)18-13-5-4-8-17-19-13/h4-5,8,11-12,14H,3,6-7,9-10,16H2,1-2H3,(H,18,19). The summed E-state index contributed by atoms with van der Waals surface area (Å²) in [4.78, 5) is 14.2. The molecule has 6 nitrogen and oxygen atoms in total. The number of anilines is 1. The van der Waals surface area contributed by atoms with Crippen molar-refractivity contribution < 1.29 is 4.79 Å². The fourth-order valence-corrected chi connectivity index (χ4v) is 2.54. The van der Waals surface area contributed by atoms with Crippen LogP contribution in [0.5, 0.6) is 0 Å². The van der Waals surface area contributed by atoms with Crippen molar-refractivity contribution in [1.29, 1.82) is 0 Å². The number of rotatable bonds is 5. The van der Waals surface area contributed by atoms with Gasteiger partial charge < -0.3 is 16.0 Å². The van der Waals surface area contributed by atoms with Gasteiger partial charge in [0.05, 0.1) is 6.04 Å². The van der Waals surface area contributed by atoms with E-state index in [1.807, 2.05) is 24.0 Å². The van der Waals surface area contributed by atoms with Crippen LogP contribution in [0.15, 0.2) is 18.3 Å². The fourth-order valence-electron chi connectivity index (χ4n) is 2.54. The van der Waals surface area contributed by atoms with Gasteiger partial charge in [-0.05, 0) is 30.9 Å². The largest absolute Gasteiger partial charge is 0.366 e. The third-order valence-electron chi connectivity index (χ3n) is 4.27. The molecule has 1 aliphatic rings. The van der Waals surface area contributed by atoms with Crippen molar-refractivity contribution in [2.45, 2.75) is 45.2 Å². The topological polar surface area (TPSA) is 84.1 Å². The van der Waals surface area contributed by atoms with Crippen LogP contribution in [-0.2, 0) is 4.79 Å². The van der Waals surface area contributed by atoms with Crippen LogP contribution in [0.3, 0.4) is 0 Å². The molecule has 1 aromatic heterocycles. The van der Waals surface area contributed by atoms with Crippen LogP contribution in [0.1, 0.15) is 33.1 Å². The second kappa shape index (κ2) is 7.36. The van der Waals surface area contributed by atoms with Gasteiger partial charge in [-0.3, -0.25) is 4.79 Å². The zero-order chi connectivity index (χ0) is 15.2. The average molecular weight is 291 g/mol. The van der Waals surface area contributed by atoms with E-state index >= 15 is 0 Å². The van der Waals surface area contributed by atoms with E-state index in [1.54, 1.807) is 6.20 Å². The van der Waals surface area contributed by atoms with Crippen molar-refractivity contribution >= 4 is 11.7 Å². The monoisotopic (exact) mass is 291 g/mol. The van der Waals surface area contributed by atoms with Crippen LogP contribution >= 0.6 is 0 Å². The van der Waals surface area contributed by atoms with E-state index in [4.69, 9.17) is 5.73 Å². The van der Waals surface area contributed by atoms with Gasteiger partial charge in [-0.15, -0.1) is 5.10 Å². The Balaban J connectivity index is 1.81. The molecule has 0 spiro atoms. The molecule has 6 heteroatoms. The number of likely N-dealkylation sites (tertiary alicyclic amines) is 1. The summed E-state index contributed by atoms with van der Waals surface area (Å²) in [6, 6.07) is 3.73. The molecule has 2 rings (SSSR count). The van der Waals surface area contributed by atoms with Gasteiger partial charge in [0.1, 0.15) is 5.82 Å². The Bertz CT molecular complexity index is 445. The molecule has 2 unspecified atom stereocenters. The summed E-state index contributed by atoms with van der Waals surface area (Å²) in [5, 5.41) is 11.2. The number of hydrogen-bond acceptors (Lipinski definition) is 5. The van der Waals surface area contributed by atoms with E-state index < -0.39 is 0 Å². The van der Waals surface area contributed by atoms with Crippen LogP contribution in [0.2, 0.25) is 0 Å². The molecule has 0 aliphatic carbocycles. The smallest absolute Gasteiger partial charge is 0.239 e. The van der Waals surface area contributed by atoms with E-state index in [9.17, 15) is 4.79 Å². The zero-order valence-electron chi connectivity index (χ0n) is 12.8. The van der Waals surface area contributed by atoms with Gasteiger partial charge in [0.2, 0.25) is 5.91 Å². The molecular weight excluding hydrogens is 266 g/mol. The van der Waals surface area contributed by atoms with Gasteiger partial charge in [0.25, 0.3) is 0 Å². The minimum Gasteiger partial charge on any atom is -0.366 e. The first-order chi connectivity index (χ1) is 10.1. The SMILES string of the molecule is CCC(C)C(N)C(=O)N1CCC(Nc2cccnn2)CC1. The van der Waals surface area contributed by atoms with Gasteiger partial charge in [0.15, 0.2) is 0 Å². The summed E-state index contributed by atoms with van der Waals surface area (Å²) in [5.74, 6) is 1.11. The fraction of sp³-hybridized carbons (Fsp3) is 0.667. The molecule has 2 heterocycles. The van der Waals surface area contributed by atoms with Crippen molar-refractivity contribution in [2.24, 2.45) is 11.7 Å². The highest BCUT2D eigenvalue weighted by Crippen LogP contribution is 2.17. The zero-order valence-corrected chi connectivity index (χ0v) is 12.8. The number of nitrogens with two attached hydrogens (primary N) is 1. The lowest BCUT2D eigenvalue weighted by Crippen LogP contribution is -2.51. The van der Waals surface area contributed by atoms with Gasteiger partial charge in [0, 0.05) is 25.3 Å². The molecule has 1 fully saturated rings. The Morgan fingerprint density at radius 2 is 2.24 bits per heavy atom. The van der Waals surface area contributed by atoms with Crippen LogP contribution in [0.25, 0.3) is 0 Å². The predicted molar refractivity (Wildman–Crippen MR) is 82.7 cm³/mol. The third-order valence-corrected chi connectivity index (χ3v) is 4.27. The summed E-state index contributed by atoms with van der Waals surface area (Å²) >= 11 is 0. The van der Waals surface area contributed by atoms with Gasteiger partial charge >= 0.3 is 0 Å². The molecule has 0 radical (unpaired) electrons. The minimum atomic E-state index is -0.375. The molecule has 3 N–H and O–H groups in total. The number of piperidine rings is 1. The molecule has 1 saturated heterocycles. The molecular formula is C15H25N5O. The lowest BCUT2D eigenvalue weighted by atomic mass is 9.97. The highest BCUT2D eigenvalue weighted by atomic mass is 16.2. The number of hydrogen-bond donors (Lipinski definition) is 2. The minimum absolute atomic E-state index is 0.0855. The molecule has 0 bridgehead atoms. The van der Waals surface area contributed by atoms with Crippen molar-refractivity contribution in [3.8, 4) is 0 Å². The van der Waals surface area contributed by atoms with Crippen molar-refractivity contribution in [3.05, 3.63) is 18.3 Å². The summed E-state index contributed by atoms with van der Waals surface area (Å²) in [7, 11) is 0. The lowest BCUT2D eigenvalue weighted by Gasteiger charge is -2.35. The number of aromatic nitrogens is 2. The maximum atomic E-state index is 12.3. The van der Waals surface area contributed by atoms with Crippen LogP contribution in [-0.4, -0.2) is 46.2 Å². The molecule has 1 aromatic rings. The second-order valence-electron chi connectivity index (χ2n) is 5.76. The lowest BCUT2D eigenvalue weighted by molar-refractivity contribution is -0.134. The first-order valence-corrected chi connectivity index (χ1v) is 7.70. The first kappa shape index (κ1) is 15.7. The van der Waals surface area contributed by atoms with E-state index in [0.717, 1.165) is 38.2 Å². The molecule has 0 aromatic carbocycles. The quantitative estimate of drug-likeness (QED) is 0.853. The summed E-state index contributed by atoms with van der Waals surface area (Å²) in [5.41, 5.74) is 6.04. The Hall–Kier alpha value is -1.69. The van der Waals surface area contributed by atoms with Crippen LogP contribution in [0, 0.1) is 5.92 Å². The van der Waals surface area contributed by atoms with Gasteiger partial charge in [-0.25, -0.2) is 0 Å².